The van der Waals surface area contributed by atoms with Gasteiger partial charge in [0.25, 0.3) is 0 Å². The van der Waals surface area contributed by atoms with Crippen molar-refractivity contribution in [2.24, 2.45) is 0 Å². The van der Waals surface area contributed by atoms with E-state index in [0.717, 1.165) is 45.6 Å². The molecule has 1 spiro atoms. The molecular formula is C23H35N3O. The third-order valence-electron chi connectivity index (χ3n) is 7.28. The van der Waals surface area contributed by atoms with Gasteiger partial charge < -0.3 is 5.32 Å². The number of aryl methyl sites for hydroxylation is 1. The molecule has 2 saturated heterocycles. The van der Waals surface area contributed by atoms with E-state index in [1.54, 1.807) is 0 Å². The van der Waals surface area contributed by atoms with E-state index >= 15 is 0 Å². The van der Waals surface area contributed by atoms with Crippen LogP contribution in [0.5, 0.6) is 0 Å². The van der Waals surface area contributed by atoms with Crippen molar-refractivity contribution >= 4 is 5.91 Å². The Kier molecular flexibility index (Phi) is 5.56. The zero-order chi connectivity index (χ0) is 18.9. The van der Waals surface area contributed by atoms with Crippen LogP contribution in [0.4, 0.5) is 0 Å². The van der Waals surface area contributed by atoms with E-state index in [0.29, 0.717) is 12.0 Å². The normalized spacial score (nSPS) is 29.2. The second-order valence-corrected chi connectivity index (χ2v) is 8.86. The van der Waals surface area contributed by atoms with E-state index in [-0.39, 0.29) is 11.4 Å². The van der Waals surface area contributed by atoms with E-state index in [1.165, 1.54) is 36.8 Å². The number of nitrogens with zero attached hydrogens (tertiary/aromatic N) is 2. The van der Waals surface area contributed by atoms with E-state index in [1.807, 2.05) is 0 Å². The molecule has 3 aliphatic rings. The number of benzene rings is 1. The largest absolute Gasteiger partial charge is 0.342 e. The smallest absolute Gasteiger partial charge is 0.241 e. The van der Waals surface area contributed by atoms with Crippen molar-refractivity contribution in [1.82, 2.24) is 15.1 Å². The van der Waals surface area contributed by atoms with Crippen LogP contribution in [-0.2, 0) is 4.79 Å². The van der Waals surface area contributed by atoms with Crippen LogP contribution in [-0.4, -0.2) is 53.6 Å². The molecule has 1 aromatic carbocycles. The molecule has 4 heteroatoms. The SMILES string of the molecule is CCCN1CNC(=O)C12CCN([C@@H]1CCCC[C@@H]1c1ccc(C)cc1)CC2. The number of carbonyl (C=O) groups is 1. The lowest BCUT2D eigenvalue weighted by molar-refractivity contribution is -0.129. The highest BCUT2D eigenvalue weighted by Crippen LogP contribution is 2.40. The van der Waals surface area contributed by atoms with Gasteiger partial charge in [-0.2, -0.15) is 0 Å². The Bertz CT molecular complexity index is 648. The van der Waals surface area contributed by atoms with Gasteiger partial charge in [-0.05, 0) is 50.5 Å². The molecule has 148 valence electrons. The van der Waals surface area contributed by atoms with Crippen LogP contribution < -0.4 is 5.32 Å². The summed E-state index contributed by atoms with van der Waals surface area (Å²) >= 11 is 0. The molecule has 1 aliphatic carbocycles. The van der Waals surface area contributed by atoms with Crippen molar-refractivity contribution in [3.05, 3.63) is 35.4 Å². The highest BCUT2D eigenvalue weighted by molar-refractivity contribution is 5.88. The lowest BCUT2D eigenvalue weighted by Gasteiger charge is -2.47. The van der Waals surface area contributed by atoms with Gasteiger partial charge in [-0.3, -0.25) is 14.6 Å². The standard InChI is InChI=1S/C23H35N3O/c1-3-14-26-17-24-22(27)23(26)12-15-25(16-13-23)21-7-5-4-6-20(21)19-10-8-18(2)9-11-19/h8-11,20-21H,3-7,12-17H2,1-2H3,(H,24,27)/t20-,21-/m1/s1. The first-order valence-corrected chi connectivity index (χ1v) is 11.0. The molecule has 3 fully saturated rings. The molecule has 0 aromatic heterocycles. The van der Waals surface area contributed by atoms with Crippen LogP contribution in [0.2, 0.25) is 0 Å². The lowest BCUT2D eigenvalue weighted by atomic mass is 9.77. The molecular weight excluding hydrogens is 334 g/mol. The topological polar surface area (TPSA) is 35.6 Å². The predicted octanol–water partition coefficient (Wildman–Crippen LogP) is 3.66. The summed E-state index contributed by atoms with van der Waals surface area (Å²) in [7, 11) is 0. The molecule has 0 unspecified atom stereocenters. The number of nitrogens with one attached hydrogen (secondary N) is 1. The monoisotopic (exact) mass is 369 g/mol. The van der Waals surface area contributed by atoms with Gasteiger partial charge in [0, 0.05) is 25.7 Å². The average molecular weight is 370 g/mol. The Morgan fingerprint density at radius 1 is 1.11 bits per heavy atom. The summed E-state index contributed by atoms with van der Waals surface area (Å²) in [5.74, 6) is 0.923. The molecule has 0 bridgehead atoms. The Labute approximate surface area is 164 Å². The molecule has 27 heavy (non-hydrogen) atoms. The number of hydrogen-bond donors (Lipinski definition) is 1. The van der Waals surface area contributed by atoms with Gasteiger partial charge in [-0.15, -0.1) is 0 Å². The Balaban J connectivity index is 1.47. The first-order chi connectivity index (χ1) is 13.1. The number of piperidine rings is 1. The summed E-state index contributed by atoms with van der Waals surface area (Å²) in [5.41, 5.74) is 2.62. The maximum Gasteiger partial charge on any atom is 0.241 e. The molecule has 2 aliphatic heterocycles. The Hall–Kier alpha value is -1.39. The summed E-state index contributed by atoms with van der Waals surface area (Å²) in [4.78, 5) is 17.8. The van der Waals surface area contributed by atoms with Crippen LogP contribution >= 0.6 is 0 Å². The minimum absolute atomic E-state index is 0.236. The van der Waals surface area contributed by atoms with E-state index in [2.05, 4.69) is 53.2 Å². The van der Waals surface area contributed by atoms with Gasteiger partial charge in [0.05, 0.1) is 6.67 Å². The number of amides is 1. The second kappa shape index (κ2) is 7.92. The first-order valence-electron chi connectivity index (χ1n) is 11.0. The van der Waals surface area contributed by atoms with Crippen molar-refractivity contribution in [2.45, 2.75) is 76.3 Å². The van der Waals surface area contributed by atoms with Crippen LogP contribution in [0.25, 0.3) is 0 Å². The zero-order valence-corrected chi connectivity index (χ0v) is 17.0. The fraction of sp³-hybridized carbons (Fsp3) is 0.696. The fourth-order valence-electron chi connectivity index (χ4n) is 5.71. The minimum atomic E-state index is -0.236. The summed E-state index contributed by atoms with van der Waals surface area (Å²) in [6.45, 7) is 8.25. The van der Waals surface area contributed by atoms with Crippen LogP contribution in [0.1, 0.15) is 68.9 Å². The molecule has 4 nitrogen and oxygen atoms in total. The van der Waals surface area contributed by atoms with Gasteiger partial charge in [0.2, 0.25) is 5.91 Å². The van der Waals surface area contributed by atoms with Crippen molar-refractivity contribution in [1.29, 1.82) is 0 Å². The summed E-state index contributed by atoms with van der Waals surface area (Å²) < 4.78 is 0. The van der Waals surface area contributed by atoms with E-state index < -0.39 is 0 Å². The third-order valence-corrected chi connectivity index (χ3v) is 7.28. The Morgan fingerprint density at radius 3 is 2.52 bits per heavy atom. The molecule has 4 rings (SSSR count). The first kappa shape index (κ1) is 18.9. The van der Waals surface area contributed by atoms with Gasteiger partial charge in [-0.1, -0.05) is 49.6 Å². The average Bonchev–Trinajstić information content (AvgIpc) is 2.99. The van der Waals surface area contributed by atoms with Crippen molar-refractivity contribution < 1.29 is 4.79 Å². The van der Waals surface area contributed by atoms with E-state index in [4.69, 9.17) is 0 Å². The number of hydrogen-bond acceptors (Lipinski definition) is 3. The van der Waals surface area contributed by atoms with Crippen LogP contribution in [0.3, 0.4) is 0 Å². The number of carbonyl (C=O) groups excluding carboxylic acids is 1. The third kappa shape index (κ3) is 3.54. The van der Waals surface area contributed by atoms with Gasteiger partial charge in [0.1, 0.15) is 5.54 Å². The molecule has 0 radical (unpaired) electrons. The molecule has 1 aromatic rings. The van der Waals surface area contributed by atoms with Gasteiger partial charge >= 0.3 is 0 Å². The fourth-order valence-corrected chi connectivity index (χ4v) is 5.71. The summed E-state index contributed by atoms with van der Waals surface area (Å²) in [6, 6.07) is 9.85. The molecule has 2 heterocycles. The van der Waals surface area contributed by atoms with Crippen LogP contribution in [0.15, 0.2) is 24.3 Å². The molecule has 1 saturated carbocycles. The molecule has 1 N–H and O–H groups in total. The van der Waals surface area contributed by atoms with Crippen LogP contribution in [0, 0.1) is 6.92 Å². The quantitative estimate of drug-likeness (QED) is 0.880. The number of likely N-dealkylation sites (tertiary alicyclic amines) is 1. The van der Waals surface area contributed by atoms with Crippen molar-refractivity contribution in [3.63, 3.8) is 0 Å². The van der Waals surface area contributed by atoms with E-state index in [9.17, 15) is 4.79 Å². The predicted molar refractivity (Wildman–Crippen MR) is 110 cm³/mol. The van der Waals surface area contributed by atoms with Crippen molar-refractivity contribution in [3.8, 4) is 0 Å². The summed E-state index contributed by atoms with van der Waals surface area (Å²) in [5, 5.41) is 3.12. The highest BCUT2D eigenvalue weighted by Gasteiger charge is 2.50. The lowest BCUT2D eigenvalue weighted by Crippen LogP contribution is -2.58. The molecule has 1 amide bonds. The van der Waals surface area contributed by atoms with Gasteiger partial charge in [-0.25, -0.2) is 0 Å². The maximum atomic E-state index is 12.7. The number of rotatable bonds is 4. The maximum absolute atomic E-state index is 12.7. The zero-order valence-electron chi connectivity index (χ0n) is 17.0. The minimum Gasteiger partial charge on any atom is -0.342 e. The second-order valence-electron chi connectivity index (χ2n) is 8.86. The summed E-state index contributed by atoms with van der Waals surface area (Å²) in [6.07, 6.45) is 8.37. The molecule has 2 atom stereocenters. The Morgan fingerprint density at radius 2 is 1.81 bits per heavy atom. The van der Waals surface area contributed by atoms with Crippen molar-refractivity contribution in [2.75, 3.05) is 26.3 Å². The van der Waals surface area contributed by atoms with Gasteiger partial charge in [0.15, 0.2) is 0 Å². The highest BCUT2D eigenvalue weighted by atomic mass is 16.2.